The van der Waals surface area contributed by atoms with Crippen molar-refractivity contribution in [2.24, 2.45) is 0 Å². The lowest BCUT2D eigenvalue weighted by Gasteiger charge is -2.16. The molecule has 0 bridgehead atoms. The number of ether oxygens (including phenoxy) is 2. The Bertz CT molecular complexity index is 754. The first-order chi connectivity index (χ1) is 11.3. The molecular weight excluding hydrogens is 325 g/mol. The summed E-state index contributed by atoms with van der Waals surface area (Å²) < 4.78 is 49.4. The van der Waals surface area contributed by atoms with Gasteiger partial charge in [0.2, 0.25) is 0 Å². The standard InChI is InChI=1S/C17H15F3O4/c1-3-24-15-13(8-11(16(21)22)9-14(15)23-2)10-5-4-6-12(7-10)17(18,19)20/h4-9H,3H2,1-2H3,(H,21,22). The van der Waals surface area contributed by atoms with E-state index in [0.29, 0.717) is 0 Å². The van der Waals surface area contributed by atoms with Crippen molar-refractivity contribution in [1.29, 1.82) is 0 Å². The number of alkyl halides is 3. The highest BCUT2D eigenvalue weighted by Crippen LogP contribution is 2.41. The quantitative estimate of drug-likeness (QED) is 0.872. The Morgan fingerprint density at radius 1 is 1.21 bits per heavy atom. The van der Waals surface area contributed by atoms with Crippen molar-refractivity contribution in [2.75, 3.05) is 13.7 Å². The molecule has 0 saturated carbocycles. The maximum Gasteiger partial charge on any atom is 0.416 e. The molecule has 0 aliphatic heterocycles. The highest BCUT2D eigenvalue weighted by atomic mass is 19.4. The molecule has 7 heteroatoms. The first-order valence-corrected chi connectivity index (χ1v) is 7.03. The summed E-state index contributed by atoms with van der Waals surface area (Å²) in [6, 6.07) is 7.15. The van der Waals surface area contributed by atoms with E-state index in [1.807, 2.05) is 0 Å². The highest BCUT2D eigenvalue weighted by Gasteiger charge is 2.31. The number of carboxylic acid groups (broad SMARTS) is 1. The molecule has 0 aliphatic carbocycles. The zero-order valence-electron chi connectivity index (χ0n) is 13.0. The van der Waals surface area contributed by atoms with E-state index in [2.05, 4.69) is 0 Å². The summed E-state index contributed by atoms with van der Waals surface area (Å²) >= 11 is 0. The molecule has 24 heavy (non-hydrogen) atoms. The summed E-state index contributed by atoms with van der Waals surface area (Å²) in [5.41, 5.74) is -0.528. The minimum atomic E-state index is -4.50. The third-order valence-electron chi connectivity index (χ3n) is 3.31. The van der Waals surface area contributed by atoms with Gasteiger partial charge in [-0.3, -0.25) is 0 Å². The summed E-state index contributed by atoms with van der Waals surface area (Å²) in [4.78, 5) is 11.3. The summed E-state index contributed by atoms with van der Waals surface area (Å²) in [7, 11) is 1.33. The number of hydrogen-bond acceptors (Lipinski definition) is 3. The number of methoxy groups -OCH3 is 1. The Morgan fingerprint density at radius 2 is 1.92 bits per heavy atom. The molecule has 0 unspecified atom stereocenters. The van der Waals surface area contributed by atoms with Crippen LogP contribution in [0.15, 0.2) is 36.4 Å². The van der Waals surface area contributed by atoms with E-state index in [1.54, 1.807) is 6.92 Å². The van der Waals surface area contributed by atoms with Crippen LogP contribution in [0.3, 0.4) is 0 Å². The Hall–Kier alpha value is -2.70. The fraction of sp³-hybridized carbons (Fsp3) is 0.235. The minimum absolute atomic E-state index is 0.109. The molecular formula is C17H15F3O4. The van der Waals surface area contributed by atoms with Gasteiger partial charge in [0, 0.05) is 5.56 Å². The Morgan fingerprint density at radius 3 is 2.46 bits per heavy atom. The number of hydrogen-bond donors (Lipinski definition) is 1. The van der Waals surface area contributed by atoms with E-state index in [-0.39, 0.29) is 34.8 Å². The first kappa shape index (κ1) is 17.7. The van der Waals surface area contributed by atoms with Gasteiger partial charge in [-0.2, -0.15) is 13.2 Å². The summed E-state index contributed by atoms with van der Waals surface area (Å²) in [6.45, 7) is 1.95. The van der Waals surface area contributed by atoms with Crippen molar-refractivity contribution in [3.8, 4) is 22.6 Å². The van der Waals surface area contributed by atoms with Gasteiger partial charge in [-0.15, -0.1) is 0 Å². The van der Waals surface area contributed by atoms with Crippen LogP contribution in [0, 0.1) is 0 Å². The number of aromatic carboxylic acids is 1. The topological polar surface area (TPSA) is 55.8 Å². The maximum absolute atomic E-state index is 12.9. The molecule has 0 heterocycles. The summed E-state index contributed by atoms with van der Waals surface area (Å²) in [5.74, 6) is -0.877. The Labute approximate surface area is 136 Å². The number of benzene rings is 2. The molecule has 2 rings (SSSR count). The third-order valence-corrected chi connectivity index (χ3v) is 3.31. The van der Waals surface area contributed by atoms with Gasteiger partial charge >= 0.3 is 12.1 Å². The van der Waals surface area contributed by atoms with E-state index < -0.39 is 17.7 Å². The molecule has 0 atom stereocenters. The number of rotatable bonds is 5. The SMILES string of the molecule is CCOc1c(OC)cc(C(=O)O)cc1-c1cccc(C(F)(F)F)c1. The fourth-order valence-corrected chi connectivity index (χ4v) is 2.25. The smallest absolute Gasteiger partial charge is 0.416 e. The van der Waals surface area contributed by atoms with Crippen molar-refractivity contribution < 1.29 is 32.5 Å². The van der Waals surface area contributed by atoms with Gasteiger partial charge in [-0.05, 0) is 36.8 Å². The first-order valence-electron chi connectivity index (χ1n) is 7.03. The molecule has 1 N–H and O–H groups in total. The van der Waals surface area contributed by atoms with Crippen molar-refractivity contribution in [2.45, 2.75) is 13.1 Å². The second-order valence-corrected chi connectivity index (χ2v) is 4.87. The van der Waals surface area contributed by atoms with Gasteiger partial charge in [0.1, 0.15) is 0 Å². The Balaban J connectivity index is 2.71. The van der Waals surface area contributed by atoms with Crippen molar-refractivity contribution in [3.63, 3.8) is 0 Å². The lowest BCUT2D eigenvalue weighted by molar-refractivity contribution is -0.137. The molecule has 128 valence electrons. The van der Waals surface area contributed by atoms with Crippen LogP contribution in [-0.2, 0) is 6.18 Å². The largest absolute Gasteiger partial charge is 0.493 e. The van der Waals surface area contributed by atoms with Crippen LogP contribution in [-0.4, -0.2) is 24.8 Å². The molecule has 0 fully saturated rings. The molecule has 2 aromatic rings. The van der Waals surface area contributed by atoms with E-state index in [4.69, 9.17) is 9.47 Å². The van der Waals surface area contributed by atoms with Gasteiger partial charge in [-0.1, -0.05) is 12.1 Å². The minimum Gasteiger partial charge on any atom is -0.493 e. The van der Waals surface area contributed by atoms with Gasteiger partial charge < -0.3 is 14.6 Å². The van der Waals surface area contributed by atoms with E-state index >= 15 is 0 Å². The molecule has 0 radical (unpaired) electrons. The third kappa shape index (κ3) is 3.61. The van der Waals surface area contributed by atoms with Crippen LogP contribution in [0.4, 0.5) is 13.2 Å². The molecule has 0 saturated heterocycles. The molecule has 4 nitrogen and oxygen atoms in total. The molecule has 0 spiro atoms. The fourth-order valence-electron chi connectivity index (χ4n) is 2.25. The van der Waals surface area contributed by atoms with Crippen LogP contribution >= 0.6 is 0 Å². The van der Waals surface area contributed by atoms with Crippen LogP contribution < -0.4 is 9.47 Å². The van der Waals surface area contributed by atoms with Crippen LogP contribution in [0.25, 0.3) is 11.1 Å². The molecule has 0 amide bonds. The predicted octanol–water partition coefficient (Wildman–Crippen LogP) is 4.48. The molecule has 0 aliphatic rings. The maximum atomic E-state index is 12.9. The van der Waals surface area contributed by atoms with Crippen molar-refractivity contribution in [3.05, 3.63) is 47.5 Å². The molecule has 0 aromatic heterocycles. The lowest BCUT2D eigenvalue weighted by atomic mass is 9.99. The van der Waals surface area contributed by atoms with Crippen LogP contribution in [0.1, 0.15) is 22.8 Å². The van der Waals surface area contributed by atoms with Gasteiger partial charge in [0.15, 0.2) is 11.5 Å². The molecule has 2 aromatic carbocycles. The van der Waals surface area contributed by atoms with Crippen LogP contribution in [0.2, 0.25) is 0 Å². The average Bonchev–Trinajstić information content (AvgIpc) is 2.54. The van der Waals surface area contributed by atoms with Gasteiger partial charge in [0.25, 0.3) is 0 Å². The van der Waals surface area contributed by atoms with E-state index in [0.717, 1.165) is 12.1 Å². The average molecular weight is 340 g/mol. The second kappa shape index (κ2) is 6.82. The monoisotopic (exact) mass is 340 g/mol. The van der Waals surface area contributed by atoms with Crippen molar-refractivity contribution >= 4 is 5.97 Å². The Kier molecular flexibility index (Phi) is 5.02. The summed E-state index contributed by atoms with van der Waals surface area (Å²) in [6.07, 6.45) is -4.50. The zero-order valence-corrected chi connectivity index (χ0v) is 13.0. The predicted molar refractivity (Wildman–Crippen MR) is 81.6 cm³/mol. The lowest BCUT2D eigenvalue weighted by Crippen LogP contribution is -2.06. The van der Waals surface area contributed by atoms with E-state index in [1.165, 1.54) is 31.4 Å². The van der Waals surface area contributed by atoms with Crippen molar-refractivity contribution in [1.82, 2.24) is 0 Å². The van der Waals surface area contributed by atoms with E-state index in [9.17, 15) is 23.1 Å². The number of halogens is 3. The van der Waals surface area contributed by atoms with Gasteiger partial charge in [0.05, 0.1) is 24.8 Å². The number of carbonyl (C=O) groups is 1. The normalized spacial score (nSPS) is 11.2. The zero-order chi connectivity index (χ0) is 17.9. The highest BCUT2D eigenvalue weighted by molar-refractivity contribution is 5.92. The number of carboxylic acids is 1. The second-order valence-electron chi connectivity index (χ2n) is 4.87. The summed E-state index contributed by atoms with van der Waals surface area (Å²) in [5, 5.41) is 9.20. The van der Waals surface area contributed by atoms with Crippen LogP contribution in [0.5, 0.6) is 11.5 Å². The van der Waals surface area contributed by atoms with Gasteiger partial charge in [-0.25, -0.2) is 4.79 Å².